The van der Waals surface area contributed by atoms with Crippen LogP contribution in [0.5, 0.6) is 0 Å². The molecule has 0 saturated carbocycles. The van der Waals surface area contributed by atoms with Crippen LogP contribution in [-0.2, 0) is 16.0 Å². The van der Waals surface area contributed by atoms with Gasteiger partial charge in [0.2, 0.25) is 0 Å². The second-order valence-corrected chi connectivity index (χ2v) is 6.80. The minimum atomic E-state index is -1.21. The van der Waals surface area contributed by atoms with Crippen LogP contribution in [0.4, 0.5) is 0 Å². The molecule has 3 rings (SSSR count). The molecular formula is C22H27NO5. The number of aliphatic hydroxyl groups is 3. The van der Waals surface area contributed by atoms with E-state index in [1.165, 1.54) is 0 Å². The van der Waals surface area contributed by atoms with Gasteiger partial charge >= 0.3 is 0 Å². The zero-order valence-corrected chi connectivity index (χ0v) is 15.6. The molecule has 2 aromatic carbocycles. The third-order valence-electron chi connectivity index (χ3n) is 4.84. The van der Waals surface area contributed by atoms with E-state index in [1.54, 1.807) is 6.08 Å². The normalized spacial score (nSPS) is 27.5. The first-order valence-corrected chi connectivity index (χ1v) is 9.36. The van der Waals surface area contributed by atoms with Crippen molar-refractivity contribution in [1.82, 2.24) is 5.32 Å². The summed E-state index contributed by atoms with van der Waals surface area (Å²) in [6, 6.07) is 17.5. The number of ether oxygens (including phenoxy) is 2. The van der Waals surface area contributed by atoms with Gasteiger partial charge in [-0.15, -0.1) is 6.58 Å². The van der Waals surface area contributed by atoms with E-state index in [0.29, 0.717) is 6.54 Å². The molecule has 150 valence electrons. The molecule has 2 aromatic rings. The van der Waals surface area contributed by atoms with Crippen molar-refractivity contribution in [3.05, 3.63) is 72.8 Å². The Morgan fingerprint density at radius 2 is 1.79 bits per heavy atom. The van der Waals surface area contributed by atoms with E-state index in [0.717, 1.165) is 16.7 Å². The summed E-state index contributed by atoms with van der Waals surface area (Å²) in [6.45, 7) is 3.89. The Hall–Kier alpha value is -2.06. The summed E-state index contributed by atoms with van der Waals surface area (Å²) >= 11 is 0. The molecule has 6 heteroatoms. The monoisotopic (exact) mass is 385 g/mol. The Kier molecular flexibility index (Phi) is 7.33. The van der Waals surface area contributed by atoms with E-state index in [-0.39, 0.29) is 6.61 Å². The van der Waals surface area contributed by atoms with E-state index in [2.05, 4.69) is 30.1 Å². The lowest BCUT2D eigenvalue weighted by Crippen LogP contribution is -2.63. The Bertz CT molecular complexity index is 754. The predicted molar refractivity (Wildman–Crippen MR) is 106 cm³/mol. The molecule has 28 heavy (non-hydrogen) atoms. The number of aliphatic hydroxyl groups excluding tert-OH is 3. The van der Waals surface area contributed by atoms with Gasteiger partial charge < -0.3 is 30.1 Å². The minimum Gasteiger partial charge on any atom is -0.394 e. The largest absolute Gasteiger partial charge is 0.394 e. The van der Waals surface area contributed by atoms with Crippen LogP contribution in [-0.4, -0.2) is 59.2 Å². The molecule has 0 aliphatic carbocycles. The number of hydrogen-bond donors (Lipinski definition) is 4. The van der Waals surface area contributed by atoms with Crippen LogP contribution < -0.4 is 5.32 Å². The van der Waals surface area contributed by atoms with Crippen LogP contribution in [0.3, 0.4) is 0 Å². The third kappa shape index (κ3) is 4.86. The van der Waals surface area contributed by atoms with Gasteiger partial charge in [0.05, 0.1) is 19.3 Å². The SMILES string of the molecule is C=CCOC1O[C@H](CO)[C@@H](O)[C@H](O)[C@H]1NCc1cccc(-c2ccccc2)c1. The summed E-state index contributed by atoms with van der Waals surface area (Å²) in [5.41, 5.74) is 3.24. The highest BCUT2D eigenvalue weighted by Crippen LogP contribution is 2.24. The van der Waals surface area contributed by atoms with Crippen molar-refractivity contribution < 1.29 is 24.8 Å². The van der Waals surface area contributed by atoms with Crippen molar-refractivity contribution in [3.63, 3.8) is 0 Å². The van der Waals surface area contributed by atoms with Crippen LogP contribution in [0.1, 0.15) is 5.56 Å². The van der Waals surface area contributed by atoms with Gasteiger partial charge in [0.15, 0.2) is 6.29 Å². The van der Waals surface area contributed by atoms with Gasteiger partial charge in [-0.1, -0.05) is 54.6 Å². The summed E-state index contributed by atoms with van der Waals surface area (Å²) in [5.74, 6) is 0. The Morgan fingerprint density at radius 3 is 2.50 bits per heavy atom. The summed E-state index contributed by atoms with van der Waals surface area (Å²) in [5, 5.41) is 33.3. The maximum absolute atomic E-state index is 10.5. The summed E-state index contributed by atoms with van der Waals surface area (Å²) in [6.07, 6.45) is -2.48. The maximum Gasteiger partial charge on any atom is 0.176 e. The maximum atomic E-state index is 10.5. The van der Waals surface area contributed by atoms with Crippen molar-refractivity contribution in [2.45, 2.75) is 37.2 Å². The summed E-state index contributed by atoms with van der Waals surface area (Å²) in [7, 11) is 0. The average Bonchev–Trinajstić information content (AvgIpc) is 2.74. The molecule has 1 heterocycles. The van der Waals surface area contributed by atoms with Gasteiger partial charge in [-0.25, -0.2) is 0 Å². The van der Waals surface area contributed by atoms with Gasteiger partial charge in [-0.2, -0.15) is 0 Å². The van der Waals surface area contributed by atoms with Crippen molar-refractivity contribution in [1.29, 1.82) is 0 Å². The standard InChI is InChI=1S/C22H27NO5/c1-2-11-27-22-19(21(26)20(25)18(14-24)28-22)23-13-15-7-6-10-17(12-15)16-8-4-3-5-9-16/h2-10,12,18-26H,1,11,13-14H2/t18-,19-,20-,21-,22?/m1/s1. The van der Waals surface area contributed by atoms with Crippen molar-refractivity contribution >= 4 is 0 Å². The van der Waals surface area contributed by atoms with E-state index < -0.39 is 37.3 Å². The second-order valence-electron chi connectivity index (χ2n) is 6.80. The molecule has 0 aromatic heterocycles. The fraction of sp³-hybridized carbons (Fsp3) is 0.364. The number of hydrogen-bond acceptors (Lipinski definition) is 6. The van der Waals surface area contributed by atoms with E-state index >= 15 is 0 Å². The van der Waals surface area contributed by atoms with E-state index in [4.69, 9.17) is 9.47 Å². The molecule has 1 fully saturated rings. The smallest absolute Gasteiger partial charge is 0.176 e. The average molecular weight is 385 g/mol. The first-order chi connectivity index (χ1) is 13.6. The second kappa shape index (κ2) is 9.93. The molecule has 1 aliphatic heterocycles. The van der Waals surface area contributed by atoms with Crippen LogP contribution >= 0.6 is 0 Å². The highest BCUT2D eigenvalue weighted by Gasteiger charge is 2.44. The van der Waals surface area contributed by atoms with Crippen LogP contribution in [0.2, 0.25) is 0 Å². The van der Waals surface area contributed by atoms with Crippen LogP contribution in [0.15, 0.2) is 67.3 Å². The Labute approximate surface area is 165 Å². The van der Waals surface area contributed by atoms with Gasteiger partial charge in [0, 0.05) is 6.54 Å². The summed E-state index contributed by atoms with van der Waals surface area (Å²) < 4.78 is 11.2. The molecule has 0 radical (unpaired) electrons. The molecule has 1 unspecified atom stereocenters. The molecule has 1 saturated heterocycles. The number of nitrogens with one attached hydrogen (secondary N) is 1. The molecule has 5 atom stereocenters. The lowest BCUT2D eigenvalue weighted by Gasteiger charge is -2.42. The molecule has 6 nitrogen and oxygen atoms in total. The van der Waals surface area contributed by atoms with Gasteiger partial charge in [-0.05, 0) is 22.8 Å². The topological polar surface area (TPSA) is 91.2 Å². The van der Waals surface area contributed by atoms with Crippen molar-refractivity contribution in [2.75, 3.05) is 13.2 Å². The van der Waals surface area contributed by atoms with Crippen LogP contribution in [0, 0.1) is 0 Å². The van der Waals surface area contributed by atoms with Gasteiger partial charge in [0.25, 0.3) is 0 Å². The van der Waals surface area contributed by atoms with E-state index in [1.807, 2.05) is 36.4 Å². The fourth-order valence-electron chi connectivity index (χ4n) is 3.33. The first-order valence-electron chi connectivity index (χ1n) is 9.36. The molecule has 1 aliphatic rings. The van der Waals surface area contributed by atoms with Crippen molar-refractivity contribution in [3.8, 4) is 11.1 Å². The molecule has 0 amide bonds. The minimum absolute atomic E-state index is 0.229. The quantitative estimate of drug-likeness (QED) is 0.514. The van der Waals surface area contributed by atoms with Crippen LogP contribution in [0.25, 0.3) is 11.1 Å². The Morgan fingerprint density at radius 1 is 1.04 bits per heavy atom. The highest BCUT2D eigenvalue weighted by atomic mass is 16.7. The lowest BCUT2D eigenvalue weighted by molar-refractivity contribution is -0.268. The van der Waals surface area contributed by atoms with E-state index in [9.17, 15) is 15.3 Å². The van der Waals surface area contributed by atoms with Gasteiger partial charge in [-0.3, -0.25) is 0 Å². The molecule has 0 bridgehead atoms. The zero-order chi connectivity index (χ0) is 19.9. The zero-order valence-electron chi connectivity index (χ0n) is 15.6. The number of rotatable bonds is 8. The Balaban J connectivity index is 1.71. The first kappa shape index (κ1) is 20.7. The van der Waals surface area contributed by atoms with Gasteiger partial charge in [0.1, 0.15) is 18.3 Å². The third-order valence-corrected chi connectivity index (χ3v) is 4.84. The lowest BCUT2D eigenvalue weighted by atomic mass is 9.96. The fourth-order valence-corrected chi connectivity index (χ4v) is 3.33. The molecule has 4 N–H and O–H groups in total. The molecule has 0 spiro atoms. The van der Waals surface area contributed by atoms with Crippen molar-refractivity contribution in [2.24, 2.45) is 0 Å². The molecular weight excluding hydrogens is 358 g/mol. The summed E-state index contributed by atoms with van der Waals surface area (Å²) in [4.78, 5) is 0. The number of benzene rings is 2. The highest BCUT2D eigenvalue weighted by molar-refractivity contribution is 5.63. The predicted octanol–water partition coefficient (Wildman–Crippen LogP) is 1.45.